The number of carbonyl (C=O) groups is 1. The second-order valence-electron chi connectivity index (χ2n) is 10.1. The van der Waals surface area contributed by atoms with Crippen LogP contribution in [-0.2, 0) is 11.2 Å². The molecule has 1 N–H and O–H groups in total. The van der Waals surface area contributed by atoms with Crippen LogP contribution in [0.15, 0.2) is 66.7 Å². The molecule has 0 aliphatic carbocycles. The molecule has 2 aliphatic rings. The topological polar surface area (TPSA) is 67.0 Å². The Morgan fingerprint density at radius 3 is 2.67 bits per heavy atom. The predicted octanol–water partition coefficient (Wildman–Crippen LogP) is 6.21. The summed E-state index contributed by atoms with van der Waals surface area (Å²) in [5, 5.41) is 1.71. The molecule has 4 aromatic rings. The molecule has 0 saturated carbocycles. The van der Waals surface area contributed by atoms with Crippen molar-refractivity contribution in [3.63, 3.8) is 0 Å². The number of hydrogen-bond donors (Lipinski definition) is 1. The van der Waals surface area contributed by atoms with Gasteiger partial charge in [0.05, 0.1) is 19.8 Å². The fraction of sp³-hybridized carbons (Fsp3) is 0.323. The first kappa shape index (κ1) is 26.6. The Bertz CT molecular complexity index is 1490. The molecule has 1 fully saturated rings. The van der Waals surface area contributed by atoms with Gasteiger partial charge < -0.3 is 19.2 Å². The van der Waals surface area contributed by atoms with Crippen LogP contribution in [0.2, 0.25) is 5.02 Å². The summed E-state index contributed by atoms with van der Waals surface area (Å²) in [6.07, 6.45) is 1.05. The van der Waals surface area contributed by atoms with Gasteiger partial charge in [0.1, 0.15) is 23.4 Å². The van der Waals surface area contributed by atoms with Crippen LogP contribution in [-0.4, -0.2) is 66.9 Å². The van der Waals surface area contributed by atoms with Gasteiger partial charge in [-0.1, -0.05) is 23.7 Å². The molecule has 1 unspecified atom stereocenters. The van der Waals surface area contributed by atoms with E-state index in [1.54, 1.807) is 4.90 Å². The van der Waals surface area contributed by atoms with Crippen molar-refractivity contribution in [1.82, 2.24) is 14.8 Å². The van der Waals surface area contributed by atoms with Crippen LogP contribution in [0.5, 0.6) is 11.5 Å². The maximum absolute atomic E-state index is 13.5. The molecule has 1 aromatic heterocycles. The van der Waals surface area contributed by atoms with Crippen molar-refractivity contribution in [3.05, 3.63) is 94.4 Å². The maximum Gasteiger partial charge on any atom is 0.416 e. The van der Waals surface area contributed by atoms with Gasteiger partial charge in [-0.2, -0.15) is 0 Å². The van der Waals surface area contributed by atoms with E-state index in [-0.39, 0.29) is 5.75 Å². The molecular formula is C31H31ClFN3O4. The van der Waals surface area contributed by atoms with Crippen LogP contribution in [0.3, 0.4) is 0 Å². The molecule has 6 rings (SSSR count). The lowest BCUT2D eigenvalue weighted by Gasteiger charge is -2.35. The van der Waals surface area contributed by atoms with Gasteiger partial charge >= 0.3 is 6.09 Å². The van der Waals surface area contributed by atoms with Gasteiger partial charge in [-0.3, -0.25) is 9.80 Å². The van der Waals surface area contributed by atoms with Gasteiger partial charge in [0, 0.05) is 47.8 Å². The van der Waals surface area contributed by atoms with E-state index in [1.807, 2.05) is 42.5 Å². The molecule has 1 saturated heterocycles. The van der Waals surface area contributed by atoms with Crippen LogP contribution in [0, 0.1) is 5.82 Å². The highest BCUT2D eigenvalue weighted by molar-refractivity contribution is 6.31. The normalized spacial score (nSPS) is 17.6. The molecule has 0 bridgehead atoms. The molecule has 9 heteroatoms. The Hall–Kier alpha value is -3.59. The van der Waals surface area contributed by atoms with Crippen molar-refractivity contribution in [3.8, 4) is 11.5 Å². The molecule has 0 radical (unpaired) electrons. The lowest BCUT2D eigenvalue weighted by molar-refractivity contribution is 0.0358. The van der Waals surface area contributed by atoms with E-state index in [0.717, 1.165) is 72.7 Å². The first-order valence-electron chi connectivity index (χ1n) is 13.6. The summed E-state index contributed by atoms with van der Waals surface area (Å²) in [4.78, 5) is 21.1. The van der Waals surface area contributed by atoms with Crippen molar-refractivity contribution in [2.24, 2.45) is 0 Å². The van der Waals surface area contributed by atoms with E-state index >= 15 is 0 Å². The largest absolute Gasteiger partial charge is 0.494 e. The van der Waals surface area contributed by atoms with Crippen LogP contribution in [0.25, 0.3) is 10.9 Å². The number of amides is 1. The minimum absolute atomic E-state index is 0.289. The Morgan fingerprint density at radius 2 is 1.85 bits per heavy atom. The van der Waals surface area contributed by atoms with Crippen LogP contribution in [0.4, 0.5) is 9.18 Å². The number of fused-ring (bicyclic) bond motifs is 3. The first-order valence-corrected chi connectivity index (χ1v) is 14.0. The van der Waals surface area contributed by atoms with Crippen molar-refractivity contribution in [2.75, 3.05) is 46.0 Å². The summed E-state index contributed by atoms with van der Waals surface area (Å²) in [6, 6.07) is 18.7. The molecule has 3 heterocycles. The highest BCUT2D eigenvalue weighted by Gasteiger charge is 2.36. The summed E-state index contributed by atoms with van der Waals surface area (Å²) in [5.74, 6) is 0.646. The summed E-state index contributed by atoms with van der Waals surface area (Å²) in [6.45, 7) is 5.49. The highest BCUT2D eigenvalue weighted by atomic mass is 35.5. The number of nitrogens with zero attached hydrogens (tertiary/aromatic N) is 2. The zero-order chi connectivity index (χ0) is 27.5. The Morgan fingerprint density at radius 1 is 1.02 bits per heavy atom. The number of ether oxygens (including phenoxy) is 3. The molecule has 1 amide bonds. The first-order chi connectivity index (χ1) is 19.5. The lowest BCUT2D eigenvalue weighted by atomic mass is 9.92. The molecule has 1 atom stereocenters. The van der Waals surface area contributed by atoms with Gasteiger partial charge in [-0.05, 0) is 78.6 Å². The SMILES string of the molecule is O=C(Oc1ccc(F)cc1)N1CCc2c([nH]c3ccc(Cl)cc23)C1c1cccc(OCCCN2CCOCC2)c1. The summed E-state index contributed by atoms with van der Waals surface area (Å²) in [5.41, 5.74) is 3.92. The van der Waals surface area contributed by atoms with E-state index in [1.165, 1.54) is 24.3 Å². The Kier molecular flexibility index (Phi) is 7.91. The maximum atomic E-state index is 13.5. The molecule has 0 spiro atoms. The number of carbonyl (C=O) groups excluding carboxylic acids is 1. The highest BCUT2D eigenvalue weighted by Crippen LogP contribution is 2.40. The van der Waals surface area contributed by atoms with Crippen LogP contribution in [0.1, 0.15) is 29.3 Å². The number of H-pyrrole nitrogens is 1. The van der Waals surface area contributed by atoms with Gasteiger partial charge in [-0.25, -0.2) is 9.18 Å². The lowest BCUT2D eigenvalue weighted by Crippen LogP contribution is -2.42. The van der Waals surface area contributed by atoms with E-state index < -0.39 is 18.0 Å². The van der Waals surface area contributed by atoms with Crippen LogP contribution >= 0.6 is 11.6 Å². The number of aromatic amines is 1. The predicted molar refractivity (Wildman–Crippen MR) is 152 cm³/mol. The number of halogens is 2. The second kappa shape index (κ2) is 11.9. The average Bonchev–Trinajstić information content (AvgIpc) is 3.34. The quantitative estimate of drug-likeness (QED) is 0.271. The van der Waals surface area contributed by atoms with Gasteiger partial charge in [-0.15, -0.1) is 0 Å². The number of morpholine rings is 1. The van der Waals surface area contributed by atoms with Gasteiger partial charge in [0.15, 0.2) is 0 Å². The monoisotopic (exact) mass is 563 g/mol. The molecule has 3 aromatic carbocycles. The number of rotatable bonds is 7. The van der Waals surface area contributed by atoms with Crippen molar-refractivity contribution in [1.29, 1.82) is 0 Å². The number of benzene rings is 3. The van der Waals surface area contributed by atoms with Crippen LogP contribution < -0.4 is 9.47 Å². The molecule has 7 nitrogen and oxygen atoms in total. The summed E-state index contributed by atoms with van der Waals surface area (Å²) < 4.78 is 30.7. The minimum atomic E-state index is -0.504. The number of aromatic nitrogens is 1. The third-order valence-electron chi connectivity index (χ3n) is 7.51. The molecular weight excluding hydrogens is 533 g/mol. The van der Waals surface area contributed by atoms with Gasteiger partial charge in [0.25, 0.3) is 0 Å². The van der Waals surface area contributed by atoms with E-state index in [2.05, 4.69) is 9.88 Å². The van der Waals surface area contributed by atoms with E-state index in [9.17, 15) is 9.18 Å². The standard InChI is InChI=1S/C31H31ClFN3O4/c32-22-5-10-28-27(20-22)26-11-13-36(31(37)40-24-8-6-23(33)7-9-24)30(29(26)34-28)21-3-1-4-25(19-21)39-16-2-12-35-14-17-38-18-15-35/h1,3-10,19-20,30,34H,2,11-18H2. The minimum Gasteiger partial charge on any atom is -0.494 e. The number of nitrogens with one attached hydrogen (secondary N) is 1. The molecule has 2 aliphatic heterocycles. The third kappa shape index (κ3) is 5.80. The zero-order valence-corrected chi connectivity index (χ0v) is 22.8. The van der Waals surface area contributed by atoms with E-state index in [0.29, 0.717) is 24.6 Å². The molecule has 40 heavy (non-hydrogen) atoms. The van der Waals surface area contributed by atoms with Crippen molar-refractivity contribution >= 4 is 28.6 Å². The van der Waals surface area contributed by atoms with Crippen molar-refractivity contribution in [2.45, 2.75) is 18.9 Å². The summed E-state index contributed by atoms with van der Waals surface area (Å²) >= 11 is 6.33. The molecule has 208 valence electrons. The van der Waals surface area contributed by atoms with E-state index in [4.69, 9.17) is 25.8 Å². The fourth-order valence-corrected chi connectivity index (χ4v) is 5.72. The smallest absolute Gasteiger partial charge is 0.416 e. The zero-order valence-electron chi connectivity index (χ0n) is 22.1. The third-order valence-corrected chi connectivity index (χ3v) is 7.74. The Balaban J connectivity index is 1.26. The fourth-order valence-electron chi connectivity index (χ4n) is 5.54. The van der Waals surface area contributed by atoms with Crippen molar-refractivity contribution < 1.29 is 23.4 Å². The number of hydrogen-bond acceptors (Lipinski definition) is 5. The summed E-state index contributed by atoms with van der Waals surface area (Å²) in [7, 11) is 0. The van der Waals surface area contributed by atoms with Gasteiger partial charge in [0.2, 0.25) is 0 Å². The Labute approximate surface area is 237 Å². The average molecular weight is 564 g/mol. The second-order valence-corrected chi connectivity index (χ2v) is 10.5.